The van der Waals surface area contributed by atoms with Crippen LogP contribution in [-0.4, -0.2) is 25.9 Å². The molecular weight excluding hydrogens is 250 g/mol. The molecule has 3 heteroatoms. The summed E-state index contributed by atoms with van der Waals surface area (Å²) in [5, 5.41) is 3.56. The summed E-state index contributed by atoms with van der Waals surface area (Å²) in [4.78, 5) is 0. The largest absolute Gasteiger partial charge is 0.494 e. The normalized spacial score (nSPS) is 13.2. The average Bonchev–Trinajstić information content (AvgIpc) is 2.45. The van der Waals surface area contributed by atoms with Crippen LogP contribution in [0.1, 0.15) is 52.1 Å². The Balaban J connectivity index is 2.84. The molecule has 0 saturated carbocycles. The molecule has 3 nitrogen and oxygen atoms in total. The fourth-order valence-electron chi connectivity index (χ4n) is 2.26. The molecule has 0 saturated heterocycles. The van der Waals surface area contributed by atoms with Gasteiger partial charge in [-0.25, -0.2) is 0 Å². The van der Waals surface area contributed by atoms with Crippen molar-refractivity contribution in [1.82, 2.24) is 5.32 Å². The quantitative estimate of drug-likeness (QED) is 0.742. The van der Waals surface area contributed by atoms with E-state index in [4.69, 9.17) is 9.47 Å². The molecule has 1 aromatic carbocycles. The predicted molar refractivity (Wildman–Crippen MR) is 84.4 cm³/mol. The van der Waals surface area contributed by atoms with Crippen molar-refractivity contribution in [3.8, 4) is 5.75 Å². The van der Waals surface area contributed by atoms with Crippen LogP contribution in [0.5, 0.6) is 5.75 Å². The first-order valence-corrected chi connectivity index (χ1v) is 7.54. The Bertz CT molecular complexity index is 390. The second-order valence-corrected chi connectivity index (χ2v) is 5.58. The van der Waals surface area contributed by atoms with Crippen LogP contribution in [0.4, 0.5) is 0 Å². The molecule has 0 fully saturated rings. The molecule has 0 aliphatic carbocycles. The van der Waals surface area contributed by atoms with E-state index in [2.05, 4.69) is 38.2 Å². The molecule has 1 atom stereocenters. The third kappa shape index (κ3) is 5.14. The van der Waals surface area contributed by atoms with Crippen molar-refractivity contribution in [1.29, 1.82) is 0 Å². The minimum atomic E-state index is -0.0891. The summed E-state index contributed by atoms with van der Waals surface area (Å²) < 4.78 is 11.3. The van der Waals surface area contributed by atoms with Gasteiger partial charge in [0.15, 0.2) is 0 Å². The number of methoxy groups -OCH3 is 1. The zero-order valence-electron chi connectivity index (χ0n) is 13.5. The predicted octanol–water partition coefficient (Wildman–Crippen LogP) is 3.94. The van der Waals surface area contributed by atoms with Crippen molar-refractivity contribution in [2.45, 2.75) is 52.2 Å². The summed E-state index contributed by atoms with van der Waals surface area (Å²) in [6.07, 6.45) is 2.03. The summed E-state index contributed by atoms with van der Waals surface area (Å²) in [5.74, 6) is 0.983. The summed E-state index contributed by atoms with van der Waals surface area (Å²) in [7, 11) is 1.77. The maximum Gasteiger partial charge on any atom is 0.124 e. The van der Waals surface area contributed by atoms with Crippen LogP contribution in [0.2, 0.25) is 0 Å². The lowest BCUT2D eigenvalue weighted by atomic mass is 9.94. The van der Waals surface area contributed by atoms with E-state index >= 15 is 0 Å². The highest BCUT2D eigenvalue weighted by Crippen LogP contribution is 2.30. The number of hydrogen-bond donors (Lipinski definition) is 1. The fraction of sp³-hybridized carbons (Fsp3) is 0.647. The Labute approximate surface area is 123 Å². The van der Waals surface area contributed by atoms with Crippen molar-refractivity contribution >= 4 is 0 Å². The van der Waals surface area contributed by atoms with Crippen molar-refractivity contribution in [3.05, 3.63) is 29.8 Å². The van der Waals surface area contributed by atoms with Crippen LogP contribution >= 0.6 is 0 Å². The van der Waals surface area contributed by atoms with Gasteiger partial charge in [-0.1, -0.05) is 25.1 Å². The van der Waals surface area contributed by atoms with Crippen molar-refractivity contribution in [2.75, 3.05) is 20.3 Å². The van der Waals surface area contributed by atoms with E-state index in [0.29, 0.717) is 12.6 Å². The van der Waals surface area contributed by atoms with E-state index in [1.807, 2.05) is 19.1 Å². The molecule has 114 valence electrons. The Morgan fingerprint density at radius 3 is 2.50 bits per heavy atom. The number of para-hydroxylation sites is 1. The van der Waals surface area contributed by atoms with E-state index in [1.165, 1.54) is 5.56 Å². The lowest BCUT2D eigenvalue weighted by molar-refractivity contribution is 0.0116. The van der Waals surface area contributed by atoms with Crippen LogP contribution in [0.15, 0.2) is 24.3 Å². The van der Waals surface area contributed by atoms with Crippen molar-refractivity contribution < 1.29 is 9.47 Å². The highest BCUT2D eigenvalue weighted by atomic mass is 16.5. The molecule has 1 aromatic rings. The summed E-state index contributed by atoms with van der Waals surface area (Å²) in [6.45, 7) is 10.1. The van der Waals surface area contributed by atoms with Gasteiger partial charge in [-0.3, -0.25) is 0 Å². The minimum Gasteiger partial charge on any atom is -0.494 e. The molecule has 1 N–H and O–H groups in total. The molecule has 0 aliphatic heterocycles. The lowest BCUT2D eigenvalue weighted by Crippen LogP contribution is -2.27. The second-order valence-electron chi connectivity index (χ2n) is 5.58. The van der Waals surface area contributed by atoms with Crippen molar-refractivity contribution in [3.63, 3.8) is 0 Å². The van der Waals surface area contributed by atoms with E-state index in [1.54, 1.807) is 7.11 Å². The lowest BCUT2D eigenvalue weighted by Gasteiger charge is -2.27. The third-order valence-corrected chi connectivity index (χ3v) is 3.63. The highest BCUT2D eigenvalue weighted by Gasteiger charge is 2.21. The maximum atomic E-state index is 5.75. The Hall–Kier alpha value is -1.06. The van der Waals surface area contributed by atoms with Crippen LogP contribution in [0, 0.1) is 0 Å². The zero-order chi connectivity index (χ0) is 15.0. The first kappa shape index (κ1) is 17.0. The van der Waals surface area contributed by atoms with E-state index < -0.39 is 0 Å². The Kier molecular flexibility index (Phi) is 7.03. The summed E-state index contributed by atoms with van der Waals surface area (Å²) >= 11 is 0. The van der Waals surface area contributed by atoms with Gasteiger partial charge >= 0.3 is 0 Å². The van der Waals surface area contributed by atoms with Gasteiger partial charge in [0.2, 0.25) is 0 Å². The molecule has 20 heavy (non-hydrogen) atoms. The van der Waals surface area contributed by atoms with Crippen LogP contribution in [0.25, 0.3) is 0 Å². The highest BCUT2D eigenvalue weighted by molar-refractivity contribution is 5.36. The number of nitrogens with one attached hydrogen (secondary N) is 1. The molecule has 1 unspecified atom stereocenters. The molecular formula is C17H29NO2. The number of rotatable bonds is 9. The molecule has 0 spiro atoms. The average molecular weight is 279 g/mol. The monoisotopic (exact) mass is 279 g/mol. The number of hydrogen-bond acceptors (Lipinski definition) is 3. The van der Waals surface area contributed by atoms with Gasteiger partial charge in [0.25, 0.3) is 0 Å². The molecule has 0 aliphatic rings. The maximum absolute atomic E-state index is 5.75. The number of ether oxygens (including phenoxy) is 2. The van der Waals surface area contributed by atoms with Gasteiger partial charge in [-0.2, -0.15) is 0 Å². The SMILES string of the molecule is CCNC(CCC(C)(C)OC)c1ccccc1OCC. The van der Waals surface area contributed by atoms with Crippen LogP contribution in [0.3, 0.4) is 0 Å². The molecule has 1 rings (SSSR count). The van der Waals surface area contributed by atoms with Crippen LogP contribution < -0.4 is 10.1 Å². The van der Waals surface area contributed by atoms with Gasteiger partial charge in [0.1, 0.15) is 5.75 Å². The topological polar surface area (TPSA) is 30.5 Å². The zero-order valence-corrected chi connectivity index (χ0v) is 13.5. The standard InChI is InChI=1S/C17H29NO2/c1-6-18-15(12-13-17(3,4)19-5)14-10-8-9-11-16(14)20-7-2/h8-11,15,18H,6-7,12-13H2,1-5H3. The Morgan fingerprint density at radius 1 is 1.20 bits per heavy atom. The van der Waals surface area contributed by atoms with Crippen molar-refractivity contribution in [2.24, 2.45) is 0 Å². The third-order valence-electron chi connectivity index (χ3n) is 3.63. The first-order chi connectivity index (χ1) is 9.54. The first-order valence-electron chi connectivity index (χ1n) is 7.54. The molecule has 0 amide bonds. The minimum absolute atomic E-state index is 0.0891. The molecule has 0 bridgehead atoms. The number of benzene rings is 1. The summed E-state index contributed by atoms with van der Waals surface area (Å²) in [6, 6.07) is 8.60. The van der Waals surface area contributed by atoms with Crippen LogP contribution in [-0.2, 0) is 4.74 Å². The van der Waals surface area contributed by atoms with E-state index in [-0.39, 0.29) is 5.60 Å². The molecule has 0 heterocycles. The summed E-state index contributed by atoms with van der Waals surface area (Å²) in [5.41, 5.74) is 1.15. The van der Waals surface area contributed by atoms with E-state index in [0.717, 1.165) is 25.1 Å². The molecule has 0 radical (unpaired) electrons. The van der Waals surface area contributed by atoms with Gasteiger partial charge in [0, 0.05) is 18.7 Å². The van der Waals surface area contributed by atoms with Gasteiger partial charge in [-0.15, -0.1) is 0 Å². The Morgan fingerprint density at radius 2 is 1.90 bits per heavy atom. The fourth-order valence-corrected chi connectivity index (χ4v) is 2.26. The molecule has 0 aromatic heterocycles. The second kappa shape index (κ2) is 8.28. The smallest absolute Gasteiger partial charge is 0.124 e. The van der Waals surface area contributed by atoms with E-state index in [9.17, 15) is 0 Å². The van der Waals surface area contributed by atoms with Gasteiger partial charge in [-0.05, 0) is 46.2 Å². The van der Waals surface area contributed by atoms with Gasteiger partial charge in [0.05, 0.1) is 12.2 Å². The van der Waals surface area contributed by atoms with Gasteiger partial charge < -0.3 is 14.8 Å².